The lowest BCUT2D eigenvalue weighted by molar-refractivity contribution is -0.130. The Hall–Kier alpha value is -3.23. The zero-order valence-electron chi connectivity index (χ0n) is 18.9. The van der Waals surface area contributed by atoms with Gasteiger partial charge in [0.15, 0.2) is 0 Å². The first-order valence-electron chi connectivity index (χ1n) is 10.4. The summed E-state index contributed by atoms with van der Waals surface area (Å²) in [4.78, 5) is 14.4. The SMILES string of the molecule is COc1ccc(S(=O)(=O)N(CC(=O)N(C)Cc2ccccc2F)Cc2ccccc2)cc1C. The van der Waals surface area contributed by atoms with Crippen LogP contribution in [0.4, 0.5) is 4.39 Å². The largest absolute Gasteiger partial charge is 0.496 e. The molecule has 1 amide bonds. The normalized spacial score (nSPS) is 11.4. The number of hydrogen-bond acceptors (Lipinski definition) is 4. The van der Waals surface area contributed by atoms with Crippen LogP contribution in [0, 0.1) is 12.7 Å². The lowest BCUT2D eigenvalue weighted by Gasteiger charge is -2.25. The number of sulfonamides is 1. The zero-order valence-corrected chi connectivity index (χ0v) is 19.7. The highest BCUT2D eigenvalue weighted by molar-refractivity contribution is 7.89. The van der Waals surface area contributed by atoms with Crippen LogP contribution >= 0.6 is 0 Å². The number of benzene rings is 3. The third-order valence-corrected chi connectivity index (χ3v) is 7.10. The molecule has 0 heterocycles. The van der Waals surface area contributed by atoms with Gasteiger partial charge in [0.2, 0.25) is 15.9 Å². The molecule has 0 aliphatic rings. The Labute approximate surface area is 194 Å². The summed E-state index contributed by atoms with van der Waals surface area (Å²) < 4.78 is 47.4. The minimum Gasteiger partial charge on any atom is -0.496 e. The van der Waals surface area contributed by atoms with Gasteiger partial charge in [-0.05, 0) is 42.3 Å². The van der Waals surface area contributed by atoms with Crippen LogP contribution in [-0.4, -0.2) is 44.2 Å². The number of ether oxygens (including phenoxy) is 1. The first-order valence-corrected chi connectivity index (χ1v) is 11.8. The molecule has 0 saturated heterocycles. The molecule has 6 nitrogen and oxygen atoms in total. The van der Waals surface area contributed by atoms with Crippen molar-refractivity contribution >= 4 is 15.9 Å². The third kappa shape index (κ3) is 5.97. The highest BCUT2D eigenvalue weighted by Crippen LogP contribution is 2.25. The summed E-state index contributed by atoms with van der Waals surface area (Å²) in [5.41, 5.74) is 1.77. The van der Waals surface area contributed by atoms with Crippen molar-refractivity contribution in [3.63, 3.8) is 0 Å². The Morgan fingerprint density at radius 2 is 1.64 bits per heavy atom. The van der Waals surface area contributed by atoms with Gasteiger partial charge in [-0.3, -0.25) is 4.79 Å². The molecule has 0 aromatic heterocycles. The fourth-order valence-electron chi connectivity index (χ4n) is 3.42. The number of hydrogen-bond donors (Lipinski definition) is 0. The van der Waals surface area contributed by atoms with Gasteiger partial charge in [-0.1, -0.05) is 48.5 Å². The molecule has 0 N–H and O–H groups in total. The Kier molecular flexibility index (Phi) is 7.84. The number of carbonyl (C=O) groups excluding carboxylic acids is 1. The summed E-state index contributed by atoms with van der Waals surface area (Å²) in [7, 11) is -0.957. The maximum atomic E-state index is 14.0. The zero-order chi connectivity index (χ0) is 24.0. The summed E-state index contributed by atoms with van der Waals surface area (Å²) in [6.07, 6.45) is 0. The molecule has 0 unspecified atom stereocenters. The molecular weight excluding hydrogens is 443 g/mol. The molecule has 3 rings (SSSR count). The van der Waals surface area contributed by atoms with Gasteiger partial charge in [0.1, 0.15) is 11.6 Å². The van der Waals surface area contributed by atoms with E-state index in [9.17, 15) is 17.6 Å². The van der Waals surface area contributed by atoms with Gasteiger partial charge in [0.05, 0.1) is 18.6 Å². The summed E-state index contributed by atoms with van der Waals surface area (Å²) in [5.74, 6) is -0.285. The van der Waals surface area contributed by atoms with Gasteiger partial charge < -0.3 is 9.64 Å². The van der Waals surface area contributed by atoms with Crippen LogP contribution in [0.1, 0.15) is 16.7 Å². The molecule has 0 atom stereocenters. The smallest absolute Gasteiger partial charge is 0.243 e. The first-order chi connectivity index (χ1) is 15.7. The second-order valence-electron chi connectivity index (χ2n) is 7.73. The molecule has 0 radical (unpaired) electrons. The van der Waals surface area contributed by atoms with Crippen molar-refractivity contribution in [3.8, 4) is 5.75 Å². The molecule has 3 aromatic rings. The Morgan fingerprint density at radius 3 is 2.27 bits per heavy atom. The molecule has 8 heteroatoms. The summed E-state index contributed by atoms with van der Waals surface area (Å²) in [6.45, 7) is 1.43. The highest BCUT2D eigenvalue weighted by atomic mass is 32.2. The number of aryl methyl sites for hydroxylation is 1. The Balaban J connectivity index is 1.88. The molecule has 0 aliphatic carbocycles. The van der Waals surface area contributed by atoms with Gasteiger partial charge >= 0.3 is 0 Å². The minimum absolute atomic E-state index is 0.0214. The van der Waals surface area contributed by atoms with Crippen molar-refractivity contribution in [2.75, 3.05) is 20.7 Å². The van der Waals surface area contributed by atoms with E-state index in [2.05, 4.69) is 0 Å². The van der Waals surface area contributed by atoms with E-state index in [1.165, 1.54) is 37.3 Å². The predicted molar refractivity (Wildman–Crippen MR) is 125 cm³/mol. The first kappa shape index (κ1) is 24.4. The maximum Gasteiger partial charge on any atom is 0.243 e. The fourth-order valence-corrected chi connectivity index (χ4v) is 4.88. The van der Waals surface area contributed by atoms with E-state index in [0.29, 0.717) is 16.9 Å². The molecule has 0 bridgehead atoms. The van der Waals surface area contributed by atoms with Crippen molar-refractivity contribution in [1.29, 1.82) is 0 Å². The van der Waals surface area contributed by atoms with Gasteiger partial charge in [0.25, 0.3) is 0 Å². The summed E-state index contributed by atoms with van der Waals surface area (Å²) in [5, 5.41) is 0. The molecule has 0 fully saturated rings. The third-order valence-electron chi connectivity index (χ3n) is 5.31. The van der Waals surface area contributed by atoms with E-state index in [1.807, 2.05) is 18.2 Å². The molecule has 3 aromatic carbocycles. The van der Waals surface area contributed by atoms with Crippen molar-refractivity contribution in [3.05, 3.63) is 95.3 Å². The maximum absolute atomic E-state index is 14.0. The van der Waals surface area contributed by atoms with Crippen molar-refractivity contribution in [2.45, 2.75) is 24.9 Å². The van der Waals surface area contributed by atoms with Gasteiger partial charge in [-0.25, -0.2) is 12.8 Å². The van der Waals surface area contributed by atoms with Crippen molar-refractivity contribution in [2.24, 2.45) is 0 Å². The standard InChI is InChI=1S/C25H27FN2O4S/c1-19-15-22(13-14-24(19)32-3)33(30,31)28(16-20-9-5-4-6-10-20)18-25(29)27(2)17-21-11-7-8-12-23(21)26/h4-15H,16-18H2,1-3H3. The number of nitrogens with zero attached hydrogens (tertiary/aromatic N) is 2. The average molecular weight is 471 g/mol. The van der Waals surface area contributed by atoms with Gasteiger partial charge in [0, 0.05) is 25.7 Å². The number of amides is 1. The second kappa shape index (κ2) is 10.6. The van der Waals surface area contributed by atoms with Crippen LogP contribution in [0.3, 0.4) is 0 Å². The van der Waals surface area contributed by atoms with Crippen LogP contribution in [0.2, 0.25) is 0 Å². The fraction of sp³-hybridized carbons (Fsp3) is 0.240. The van der Waals surface area contributed by atoms with E-state index in [1.54, 1.807) is 43.3 Å². The van der Waals surface area contributed by atoms with E-state index in [4.69, 9.17) is 4.74 Å². The lowest BCUT2D eigenvalue weighted by Crippen LogP contribution is -2.41. The van der Waals surface area contributed by atoms with Crippen LogP contribution < -0.4 is 4.74 Å². The average Bonchev–Trinajstić information content (AvgIpc) is 2.80. The van der Waals surface area contributed by atoms with E-state index in [-0.39, 0.29) is 24.5 Å². The monoisotopic (exact) mass is 470 g/mol. The molecule has 0 saturated carbocycles. The Morgan fingerprint density at radius 1 is 0.970 bits per heavy atom. The minimum atomic E-state index is -4.00. The van der Waals surface area contributed by atoms with Gasteiger partial charge in [-0.2, -0.15) is 4.31 Å². The quantitative estimate of drug-likeness (QED) is 0.474. The molecular formula is C25H27FN2O4S. The summed E-state index contributed by atoms with van der Waals surface area (Å²) >= 11 is 0. The summed E-state index contributed by atoms with van der Waals surface area (Å²) in [6, 6.07) is 19.8. The second-order valence-corrected chi connectivity index (χ2v) is 9.67. The van der Waals surface area contributed by atoms with Gasteiger partial charge in [-0.15, -0.1) is 0 Å². The number of methoxy groups -OCH3 is 1. The number of carbonyl (C=O) groups is 1. The van der Waals surface area contributed by atoms with E-state index >= 15 is 0 Å². The molecule has 0 aliphatic heterocycles. The number of likely N-dealkylation sites (N-methyl/N-ethyl adjacent to an activating group) is 1. The predicted octanol–water partition coefficient (Wildman–Crippen LogP) is 3.99. The lowest BCUT2D eigenvalue weighted by atomic mass is 10.2. The number of halogens is 1. The highest BCUT2D eigenvalue weighted by Gasteiger charge is 2.28. The Bertz CT molecular complexity index is 1220. The topological polar surface area (TPSA) is 66.9 Å². The van der Waals surface area contributed by atoms with Crippen LogP contribution in [-0.2, 0) is 27.9 Å². The van der Waals surface area contributed by atoms with Crippen molar-refractivity contribution < 1.29 is 22.3 Å². The number of rotatable bonds is 9. The molecule has 33 heavy (non-hydrogen) atoms. The van der Waals surface area contributed by atoms with Crippen molar-refractivity contribution in [1.82, 2.24) is 9.21 Å². The van der Waals surface area contributed by atoms with E-state index in [0.717, 1.165) is 9.87 Å². The van der Waals surface area contributed by atoms with Crippen LogP contribution in [0.25, 0.3) is 0 Å². The van der Waals surface area contributed by atoms with Crippen LogP contribution in [0.5, 0.6) is 5.75 Å². The molecule has 174 valence electrons. The molecule has 0 spiro atoms. The van der Waals surface area contributed by atoms with E-state index < -0.39 is 21.7 Å². The van der Waals surface area contributed by atoms with Crippen LogP contribution in [0.15, 0.2) is 77.7 Å².